The van der Waals surface area contributed by atoms with Gasteiger partial charge in [0.15, 0.2) is 4.47 Å². The summed E-state index contributed by atoms with van der Waals surface area (Å²) in [7, 11) is 1.67. The summed E-state index contributed by atoms with van der Waals surface area (Å²) in [6.45, 7) is 0. The van der Waals surface area contributed by atoms with Gasteiger partial charge >= 0.3 is 0 Å². The number of aromatic nitrogens is 1. The molecule has 0 saturated carbocycles. The average molecular weight is 302 g/mol. The predicted octanol–water partition coefficient (Wildman–Crippen LogP) is 5.14. The Morgan fingerprint density at radius 1 is 1.00 bits per heavy atom. The van der Waals surface area contributed by atoms with Crippen molar-refractivity contribution in [2.75, 3.05) is 7.11 Å². The summed E-state index contributed by atoms with van der Waals surface area (Å²) in [4.78, 5) is 5.49. The molecule has 0 atom stereocenters. The molecule has 0 aliphatic carbocycles. The fraction of sp³-hybridized carbons (Fsp3) is 0.0625. The lowest BCUT2D eigenvalue weighted by molar-refractivity contribution is 0.416. The van der Waals surface area contributed by atoms with E-state index in [2.05, 4.69) is 4.98 Å². The van der Waals surface area contributed by atoms with Gasteiger partial charge in [-0.1, -0.05) is 54.1 Å². The molecule has 2 aromatic carbocycles. The van der Waals surface area contributed by atoms with Gasteiger partial charge < -0.3 is 4.74 Å². The summed E-state index contributed by atoms with van der Waals surface area (Å²) in [6.07, 6.45) is 0. The topological polar surface area (TPSA) is 22.1 Å². The lowest BCUT2D eigenvalue weighted by atomic mass is 10.1. The van der Waals surface area contributed by atoms with Crippen molar-refractivity contribution in [1.82, 2.24) is 4.98 Å². The van der Waals surface area contributed by atoms with Crippen molar-refractivity contribution in [3.05, 3.63) is 59.1 Å². The van der Waals surface area contributed by atoms with Crippen LogP contribution < -0.4 is 4.74 Å². The molecule has 0 unspecified atom stereocenters. The van der Waals surface area contributed by atoms with Crippen LogP contribution in [0.2, 0.25) is 4.47 Å². The van der Waals surface area contributed by atoms with Crippen LogP contribution in [0.1, 0.15) is 0 Å². The number of thiazole rings is 1. The summed E-state index contributed by atoms with van der Waals surface area (Å²) >= 11 is 7.59. The lowest BCUT2D eigenvalue weighted by Crippen LogP contribution is -1.87. The van der Waals surface area contributed by atoms with E-state index >= 15 is 0 Å². The van der Waals surface area contributed by atoms with E-state index in [1.54, 1.807) is 7.11 Å². The number of hydrogen-bond donors (Lipinski definition) is 0. The highest BCUT2D eigenvalue weighted by molar-refractivity contribution is 7.19. The van der Waals surface area contributed by atoms with Crippen LogP contribution in [-0.2, 0) is 0 Å². The van der Waals surface area contributed by atoms with E-state index in [0.717, 1.165) is 27.4 Å². The van der Waals surface area contributed by atoms with Gasteiger partial charge in [-0.05, 0) is 12.1 Å². The van der Waals surface area contributed by atoms with E-state index < -0.39 is 0 Å². The molecule has 2 nitrogen and oxygen atoms in total. The number of methoxy groups -OCH3 is 1. The molecule has 0 amide bonds. The minimum Gasteiger partial charge on any atom is -0.496 e. The van der Waals surface area contributed by atoms with E-state index in [4.69, 9.17) is 16.3 Å². The summed E-state index contributed by atoms with van der Waals surface area (Å²) < 4.78 is 5.97. The minimum absolute atomic E-state index is 0.532. The lowest BCUT2D eigenvalue weighted by Gasteiger charge is -2.08. The summed E-state index contributed by atoms with van der Waals surface area (Å²) in [5, 5.41) is 0. The third kappa shape index (κ3) is 2.42. The molecule has 1 aromatic heterocycles. The molecule has 0 N–H and O–H groups in total. The van der Waals surface area contributed by atoms with Gasteiger partial charge in [0.1, 0.15) is 5.75 Å². The van der Waals surface area contributed by atoms with Gasteiger partial charge in [-0.25, -0.2) is 4.98 Å². The van der Waals surface area contributed by atoms with Crippen molar-refractivity contribution in [3.8, 4) is 27.4 Å². The summed E-state index contributed by atoms with van der Waals surface area (Å²) in [6, 6.07) is 17.9. The molecular formula is C16H12ClNOS. The minimum atomic E-state index is 0.532. The Morgan fingerprint density at radius 2 is 1.70 bits per heavy atom. The molecule has 1 heterocycles. The number of ether oxygens (including phenoxy) is 1. The van der Waals surface area contributed by atoms with Gasteiger partial charge in [0.05, 0.1) is 17.7 Å². The number of para-hydroxylation sites is 1. The van der Waals surface area contributed by atoms with Crippen LogP contribution >= 0.6 is 22.9 Å². The van der Waals surface area contributed by atoms with Crippen molar-refractivity contribution in [3.63, 3.8) is 0 Å². The second-order valence-electron chi connectivity index (χ2n) is 4.21. The third-order valence-electron chi connectivity index (χ3n) is 3.00. The molecule has 0 saturated heterocycles. The normalized spacial score (nSPS) is 10.5. The molecule has 0 spiro atoms. The van der Waals surface area contributed by atoms with Crippen molar-refractivity contribution in [1.29, 1.82) is 0 Å². The number of benzene rings is 2. The van der Waals surface area contributed by atoms with Crippen molar-refractivity contribution in [2.45, 2.75) is 0 Å². The highest BCUT2D eigenvalue weighted by atomic mass is 35.5. The van der Waals surface area contributed by atoms with Gasteiger partial charge in [0.2, 0.25) is 0 Å². The van der Waals surface area contributed by atoms with Crippen molar-refractivity contribution < 1.29 is 4.74 Å². The Labute approximate surface area is 126 Å². The first kappa shape index (κ1) is 13.2. The Kier molecular flexibility index (Phi) is 3.72. The SMILES string of the molecule is COc1ccccc1-c1sc(Cl)nc1-c1ccccc1. The number of nitrogens with zero attached hydrogens (tertiary/aromatic N) is 1. The number of halogens is 1. The number of hydrogen-bond acceptors (Lipinski definition) is 3. The maximum atomic E-state index is 6.13. The van der Waals surface area contributed by atoms with Gasteiger partial charge in [-0.3, -0.25) is 0 Å². The molecule has 4 heteroatoms. The van der Waals surface area contributed by atoms with Crippen LogP contribution in [0.4, 0.5) is 0 Å². The first-order valence-corrected chi connectivity index (χ1v) is 7.34. The van der Waals surface area contributed by atoms with Crippen molar-refractivity contribution >= 4 is 22.9 Å². The summed E-state index contributed by atoms with van der Waals surface area (Å²) in [5.74, 6) is 0.824. The van der Waals surface area contributed by atoms with E-state index in [1.165, 1.54) is 11.3 Å². The van der Waals surface area contributed by atoms with E-state index in [1.807, 2.05) is 54.6 Å². The Balaban J connectivity index is 2.20. The fourth-order valence-electron chi connectivity index (χ4n) is 2.10. The smallest absolute Gasteiger partial charge is 0.184 e. The van der Waals surface area contributed by atoms with E-state index in [0.29, 0.717) is 4.47 Å². The highest BCUT2D eigenvalue weighted by Crippen LogP contribution is 2.42. The zero-order valence-corrected chi connectivity index (χ0v) is 12.4. The first-order chi connectivity index (χ1) is 9.79. The number of rotatable bonds is 3. The van der Waals surface area contributed by atoms with Crippen LogP contribution in [0.15, 0.2) is 54.6 Å². The molecule has 20 heavy (non-hydrogen) atoms. The maximum Gasteiger partial charge on any atom is 0.184 e. The van der Waals surface area contributed by atoms with Gasteiger partial charge in [-0.15, -0.1) is 11.3 Å². The molecule has 0 bridgehead atoms. The Bertz CT molecular complexity index is 724. The molecule has 0 aliphatic rings. The monoisotopic (exact) mass is 301 g/mol. The molecule has 0 fully saturated rings. The van der Waals surface area contributed by atoms with Crippen LogP contribution in [0.5, 0.6) is 5.75 Å². The van der Waals surface area contributed by atoms with E-state index in [9.17, 15) is 0 Å². The Morgan fingerprint density at radius 3 is 2.45 bits per heavy atom. The molecule has 0 aliphatic heterocycles. The standard InChI is InChI=1S/C16H12ClNOS/c1-19-13-10-6-5-9-12(13)15-14(18-16(17)20-15)11-7-3-2-4-8-11/h2-10H,1H3. The molecular weight excluding hydrogens is 290 g/mol. The van der Waals surface area contributed by atoms with Crippen LogP contribution in [0, 0.1) is 0 Å². The Hall–Kier alpha value is -1.84. The van der Waals surface area contributed by atoms with Gasteiger partial charge in [-0.2, -0.15) is 0 Å². The second kappa shape index (κ2) is 5.65. The molecule has 3 rings (SSSR count). The molecule has 0 radical (unpaired) electrons. The third-order valence-corrected chi connectivity index (χ3v) is 4.19. The van der Waals surface area contributed by atoms with E-state index in [-0.39, 0.29) is 0 Å². The van der Waals surface area contributed by atoms with Crippen LogP contribution in [0.3, 0.4) is 0 Å². The summed E-state index contributed by atoms with van der Waals surface area (Å²) in [5.41, 5.74) is 2.96. The molecule has 3 aromatic rings. The van der Waals surface area contributed by atoms with Gasteiger partial charge in [0.25, 0.3) is 0 Å². The second-order valence-corrected chi connectivity index (χ2v) is 5.79. The fourth-order valence-corrected chi connectivity index (χ4v) is 3.26. The average Bonchev–Trinajstić information content (AvgIpc) is 2.90. The van der Waals surface area contributed by atoms with Crippen LogP contribution in [0.25, 0.3) is 21.7 Å². The van der Waals surface area contributed by atoms with Crippen LogP contribution in [-0.4, -0.2) is 12.1 Å². The zero-order chi connectivity index (χ0) is 13.9. The molecule has 100 valence electrons. The first-order valence-electron chi connectivity index (χ1n) is 6.14. The predicted molar refractivity (Wildman–Crippen MR) is 84.5 cm³/mol. The zero-order valence-electron chi connectivity index (χ0n) is 10.8. The highest BCUT2D eigenvalue weighted by Gasteiger charge is 2.16. The van der Waals surface area contributed by atoms with Gasteiger partial charge in [0, 0.05) is 11.1 Å². The maximum absolute atomic E-state index is 6.13. The quantitative estimate of drug-likeness (QED) is 0.668. The van der Waals surface area contributed by atoms with Crippen molar-refractivity contribution in [2.24, 2.45) is 0 Å². The largest absolute Gasteiger partial charge is 0.496 e.